The van der Waals surface area contributed by atoms with Crippen molar-refractivity contribution >= 4 is 34.7 Å². The molecule has 2 N–H and O–H groups in total. The molecular weight excluding hydrogens is 532 g/mol. The Morgan fingerprint density at radius 3 is 2.62 bits per heavy atom. The highest BCUT2D eigenvalue weighted by Gasteiger charge is 2.44. The summed E-state index contributed by atoms with van der Waals surface area (Å²) in [7, 11) is 0. The van der Waals surface area contributed by atoms with Gasteiger partial charge in [0.05, 0.1) is 41.9 Å². The average Bonchev–Trinajstić information content (AvgIpc) is 3.19. The van der Waals surface area contributed by atoms with Crippen molar-refractivity contribution in [3.05, 3.63) is 62.9 Å². The van der Waals surface area contributed by atoms with E-state index in [1.165, 1.54) is 4.57 Å². The van der Waals surface area contributed by atoms with Crippen molar-refractivity contribution in [1.29, 1.82) is 0 Å². The monoisotopic (exact) mass is 555 g/mol. The predicted molar refractivity (Wildman–Crippen MR) is 133 cm³/mol. The van der Waals surface area contributed by atoms with E-state index in [0.29, 0.717) is 22.3 Å². The summed E-state index contributed by atoms with van der Waals surface area (Å²) in [5.41, 5.74) is -0.304. The van der Waals surface area contributed by atoms with Crippen molar-refractivity contribution in [1.82, 2.24) is 14.9 Å². The molecule has 0 fully saturated rings. The third kappa shape index (κ3) is 4.78. The van der Waals surface area contributed by atoms with Crippen LogP contribution in [0.25, 0.3) is 22.3 Å². The third-order valence-corrected chi connectivity index (χ3v) is 7.08. The molecule has 0 unspecified atom stereocenters. The Labute approximate surface area is 224 Å². The largest absolute Gasteiger partial charge is 0.481 e. The van der Waals surface area contributed by atoms with E-state index in [1.54, 1.807) is 19.1 Å². The standard InChI is InChI=1S/C27H23F2N3O8/c1-2-27(40-24(37)10-30-21(33)3-4-22(34)35)9-23(36)39-12-15-16(27)7-20-25-14(11-32(20)26(15)38)5-13-6-17(28)18(29)8-19(13)31-25/h5-8H,2-4,9-12H2,1H3,(H,30,33)(H,34,35)/t27-/m0/s1. The third-order valence-electron chi connectivity index (χ3n) is 7.08. The number of aromatic nitrogens is 2. The summed E-state index contributed by atoms with van der Waals surface area (Å²) in [6.07, 6.45) is -1.09. The molecule has 11 nitrogen and oxygen atoms in total. The topological polar surface area (TPSA) is 154 Å². The van der Waals surface area contributed by atoms with Crippen LogP contribution >= 0.6 is 0 Å². The molecule has 1 amide bonds. The normalized spacial score (nSPS) is 17.3. The Bertz CT molecular complexity index is 1670. The van der Waals surface area contributed by atoms with Gasteiger partial charge in [-0.3, -0.25) is 24.0 Å². The quantitative estimate of drug-likeness (QED) is 0.327. The van der Waals surface area contributed by atoms with Gasteiger partial charge in [0, 0.05) is 29.0 Å². The number of carbonyl (C=O) groups is 4. The second-order valence-corrected chi connectivity index (χ2v) is 9.60. The lowest BCUT2D eigenvalue weighted by molar-refractivity contribution is -0.167. The lowest BCUT2D eigenvalue weighted by atomic mass is 9.85. The molecule has 0 bridgehead atoms. The number of aliphatic carboxylic acids is 1. The zero-order valence-electron chi connectivity index (χ0n) is 21.2. The summed E-state index contributed by atoms with van der Waals surface area (Å²) in [6, 6.07) is 5.20. The van der Waals surface area contributed by atoms with Gasteiger partial charge in [0.25, 0.3) is 5.56 Å². The molecule has 0 aliphatic carbocycles. The number of cyclic esters (lactones) is 1. The number of benzene rings is 1. The SMILES string of the molecule is CC[C@]1(OC(=O)CNC(=O)CCC(=O)O)CC(=O)OCc2c1cc1n(c2=O)Cc2cc3cc(F)c(F)cc3nc2-1. The number of carbonyl (C=O) groups excluding carboxylic acids is 3. The van der Waals surface area contributed by atoms with Crippen molar-refractivity contribution < 1.29 is 42.5 Å². The number of amides is 1. The molecule has 13 heteroatoms. The average molecular weight is 555 g/mol. The van der Waals surface area contributed by atoms with Gasteiger partial charge in [0.2, 0.25) is 5.91 Å². The van der Waals surface area contributed by atoms with E-state index < -0.39 is 66.0 Å². The molecule has 4 heterocycles. The number of pyridine rings is 2. The number of halogens is 2. The second kappa shape index (κ2) is 10.1. The first-order valence-corrected chi connectivity index (χ1v) is 12.4. The number of carboxylic acid groups (broad SMARTS) is 1. The van der Waals surface area contributed by atoms with E-state index in [4.69, 9.17) is 14.6 Å². The molecule has 1 aromatic carbocycles. The number of hydrogen-bond acceptors (Lipinski definition) is 8. The molecule has 0 radical (unpaired) electrons. The van der Waals surface area contributed by atoms with Gasteiger partial charge < -0.3 is 24.5 Å². The molecule has 5 rings (SSSR count). The number of nitrogens with one attached hydrogen (secondary N) is 1. The highest BCUT2D eigenvalue weighted by atomic mass is 19.2. The van der Waals surface area contributed by atoms with Crippen molar-refractivity contribution in [3.63, 3.8) is 0 Å². The molecule has 2 aromatic heterocycles. The Morgan fingerprint density at radius 1 is 1.15 bits per heavy atom. The number of fused-ring (bicyclic) bond motifs is 5. The minimum absolute atomic E-state index is 0.0686. The second-order valence-electron chi connectivity index (χ2n) is 9.60. The summed E-state index contributed by atoms with van der Waals surface area (Å²) >= 11 is 0. The molecule has 1 atom stereocenters. The highest BCUT2D eigenvalue weighted by Crippen LogP contribution is 2.41. The van der Waals surface area contributed by atoms with Crippen LogP contribution < -0.4 is 10.9 Å². The molecule has 2 aliphatic rings. The van der Waals surface area contributed by atoms with Crippen LogP contribution in [0.4, 0.5) is 8.78 Å². The molecule has 2 aliphatic heterocycles. The fourth-order valence-corrected chi connectivity index (χ4v) is 5.06. The van der Waals surface area contributed by atoms with E-state index in [-0.39, 0.29) is 42.6 Å². The van der Waals surface area contributed by atoms with Crippen molar-refractivity contribution in [2.75, 3.05) is 6.54 Å². The first-order valence-electron chi connectivity index (χ1n) is 12.4. The van der Waals surface area contributed by atoms with Gasteiger partial charge in [0.1, 0.15) is 18.8 Å². The molecule has 3 aromatic rings. The van der Waals surface area contributed by atoms with Crippen molar-refractivity contribution in [2.24, 2.45) is 0 Å². The first-order chi connectivity index (χ1) is 19.0. The number of hydrogen-bond donors (Lipinski definition) is 2. The van der Waals surface area contributed by atoms with Crippen LogP contribution in [0.2, 0.25) is 0 Å². The minimum Gasteiger partial charge on any atom is -0.481 e. The molecular formula is C27H23F2N3O8. The fourth-order valence-electron chi connectivity index (χ4n) is 5.06. The zero-order valence-corrected chi connectivity index (χ0v) is 21.2. The van der Waals surface area contributed by atoms with Gasteiger partial charge in [-0.05, 0) is 24.6 Å². The Kier molecular flexibility index (Phi) is 6.82. The van der Waals surface area contributed by atoms with Gasteiger partial charge >= 0.3 is 17.9 Å². The summed E-state index contributed by atoms with van der Waals surface area (Å²) in [5.74, 6) is -5.55. The molecule has 0 saturated heterocycles. The van der Waals surface area contributed by atoms with Crippen LogP contribution in [0.3, 0.4) is 0 Å². The molecule has 208 valence electrons. The minimum atomic E-state index is -1.62. The predicted octanol–water partition coefficient (Wildman–Crippen LogP) is 2.28. The maximum atomic E-state index is 13.9. The van der Waals surface area contributed by atoms with Crippen molar-refractivity contribution in [3.8, 4) is 11.4 Å². The Balaban J connectivity index is 1.54. The van der Waals surface area contributed by atoms with Crippen molar-refractivity contribution in [2.45, 2.75) is 51.4 Å². The first kappa shape index (κ1) is 26.9. The van der Waals surface area contributed by atoms with E-state index in [0.717, 1.165) is 12.1 Å². The molecule has 0 saturated carbocycles. The fraction of sp³-hybridized carbons (Fsp3) is 0.333. The highest BCUT2D eigenvalue weighted by molar-refractivity contribution is 5.86. The van der Waals surface area contributed by atoms with Crippen LogP contribution in [0.5, 0.6) is 0 Å². The lowest BCUT2D eigenvalue weighted by Gasteiger charge is -2.32. The number of rotatable bonds is 7. The number of nitrogens with zero attached hydrogens (tertiary/aromatic N) is 2. The van der Waals surface area contributed by atoms with Gasteiger partial charge in [0.15, 0.2) is 11.6 Å². The molecule has 40 heavy (non-hydrogen) atoms. The van der Waals surface area contributed by atoms with Crippen LogP contribution in [0.1, 0.15) is 49.3 Å². The summed E-state index contributed by atoms with van der Waals surface area (Å²) in [6.45, 7) is 0.796. The summed E-state index contributed by atoms with van der Waals surface area (Å²) in [4.78, 5) is 66.0. The zero-order chi connectivity index (χ0) is 28.8. The van der Waals surface area contributed by atoms with E-state index in [1.807, 2.05) is 0 Å². The Hall–Kier alpha value is -4.68. The van der Waals surface area contributed by atoms with E-state index >= 15 is 0 Å². The molecule has 0 spiro atoms. The van der Waals surface area contributed by atoms with Crippen LogP contribution in [0.15, 0.2) is 29.1 Å². The van der Waals surface area contributed by atoms with Gasteiger partial charge in [-0.2, -0.15) is 0 Å². The summed E-state index contributed by atoms with van der Waals surface area (Å²) in [5, 5.41) is 11.4. The van der Waals surface area contributed by atoms with Crippen LogP contribution in [0, 0.1) is 11.6 Å². The van der Waals surface area contributed by atoms with Gasteiger partial charge in [-0.25, -0.2) is 13.8 Å². The van der Waals surface area contributed by atoms with Crippen LogP contribution in [-0.2, 0) is 47.4 Å². The smallest absolute Gasteiger partial charge is 0.326 e. The maximum absolute atomic E-state index is 13.9. The van der Waals surface area contributed by atoms with E-state index in [9.17, 15) is 32.8 Å². The maximum Gasteiger partial charge on any atom is 0.326 e. The number of ether oxygens (including phenoxy) is 2. The summed E-state index contributed by atoms with van der Waals surface area (Å²) < 4.78 is 40.1. The lowest BCUT2D eigenvalue weighted by Crippen LogP contribution is -2.40. The van der Waals surface area contributed by atoms with Gasteiger partial charge in [-0.15, -0.1) is 0 Å². The van der Waals surface area contributed by atoms with E-state index in [2.05, 4.69) is 10.3 Å². The number of carboxylic acids is 1. The van der Waals surface area contributed by atoms with Gasteiger partial charge in [-0.1, -0.05) is 6.92 Å². The van der Waals surface area contributed by atoms with Crippen LogP contribution in [-0.4, -0.2) is 45.0 Å². The Morgan fingerprint density at radius 2 is 1.90 bits per heavy atom. The number of esters is 2.